The molecular weight excluding hydrogens is 342 g/mol. The minimum atomic E-state index is -3.75. The number of nitrogens with one attached hydrogen (secondary N) is 1. The van der Waals surface area contributed by atoms with Gasteiger partial charge in [-0.3, -0.25) is 4.79 Å². The number of fused-ring (bicyclic) bond motifs is 1. The summed E-state index contributed by atoms with van der Waals surface area (Å²) >= 11 is 0. The molecule has 0 bridgehead atoms. The van der Waals surface area contributed by atoms with Crippen LogP contribution in [0.25, 0.3) is 11.0 Å². The van der Waals surface area contributed by atoms with Crippen molar-refractivity contribution >= 4 is 27.0 Å². The van der Waals surface area contributed by atoms with E-state index in [1.165, 1.54) is 10.9 Å². The van der Waals surface area contributed by atoms with Crippen molar-refractivity contribution in [2.75, 3.05) is 13.1 Å². The number of benzene rings is 1. The standard InChI is InChI=1S/C16H23N5O3S/c1-11(2)16(22)21-9-5-6-12(10-21)19-25(23,24)14-8-4-7-13-15(14)18-20(3)17-13/h4,7-8,11-12,19H,5-6,9-10H2,1-3H3. The van der Waals surface area contributed by atoms with E-state index in [0.717, 1.165) is 6.42 Å². The molecule has 25 heavy (non-hydrogen) atoms. The molecule has 8 nitrogen and oxygen atoms in total. The molecule has 1 aromatic carbocycles. The lowest BCUT2D eigenvalue weighted by molar-refractivity contribution is -0.135. The number of carbonyl (C=O) groups excluding carboxylic acids is 1. The van der Waals surface area contributed by atoms with Gasteiger partial charge in [0.1, 0.15) is 15.9 Å². The quantitative estimate of drug-likeness (QED) is 0.868. The predicted octanol–water partition coefficient (Wildman–Crippen LogP) is 0.894. The Morgan fingerprint density at radius 3 is 2.80 bits per heavy atom. The summed E-state index contributed by atoms with van der Waals surface area (Å²) in [6.45, 7) is 4.78. The van der Waals surface area contributed by atoms with Gasteiger partial charge in [-0.05, 0) is 25.0 Å². The highest BCUT2D eigenvalue weighted by Crippen LogP contribution is 2.21. The van der Waals surface area contributed by atoms with E-state index in [0.29, 0.717) is 30.5 Å². The van der Waals surface area contributed by atoms with Crippen LogP contribution in [0.1, 0.15) is 26.7 Å². The molecule has 1 saturated heterocycles. The third-order valence-corrected chi connectivity index (χ3v) is 5.87. The van der Waals surface area contributed by atoms with Crippen LogP contribution < -0.4 is 4.72 Å². The molecule has 1 aliphatic heterocycles. The summed E-state index contributed by atoms with van der Waals surface area (Å²) in [4.78, 5) is 15.4. The van der Waals surface area contributed by atoms with Gasteiger partial charge in [0.2, 0.25) is 15.9 Å². The number of nitrogens with zero attached hydrogens (tertiary/aromatic N) is 4. The average Bonchev–Trinajstić information content (AvgIpc) is 2.93. The zero-order valence-corrected chi connectivity index (χ0v) is 15.5. The Hall–Kier alpha value is -2.00. The number of rotatable bonds is 4. The lowest BCUT2D eigenvalue weighted by atomic mass is 10.0. The van der Waals surface area contributed by atoms with E-state index in [9.17, 15) is 13.2 Å². The SMILES string of the molecule is CC(C)C(=O)N1CCCC(NS(=O)(=O)c2cccc3nn(C)nc23)C1. The van der Waals surface area contributed by atoms with Crippen LogP contribution in [0.4, 0.5) is 0 Å². The second-order valence-corrected chi connectivity index (χ2v) is 8.40. The number of aryl methyl sites for hydroxylation is 1. The van der Waals surface area contributed by atoms with Gasteiger partial charge >= 0.3 is 0 Å². The number of hydrogen-bond donors (Lipinski definition) is 1. The number of amides is 1. The second-order valence-electron chi connectivity index (χ2n) is 6.71. The molecule has 3 rings (SSSR count). The summed E-state index contributed by atoms with van der Waals surface area (Å²) in [6, 6.07) is 4.61. The number of aromatic nitrogens is 3. The predicted molar refractivity (Wildman–Crippen MR) is 93.3 cm³/mol. The zero-order chi connectivity index (χ0) is 18.2. The molecule has 1 fully saturated rings. The third kappa shape index (κ3) is 3.67. The number of carbonyl (C=O) groups is 1. The molecule has 136 valence electrons. The van der Waals surface area contributed by atoms with E-state index in [1.54, 1.807) is 24.1 Å². The van der Waals surface area contributed by atoms with Crippen molar-refractivity contribution in [2.24, 2.45) is 13.0 Å². The minimum absolute atomic E-state index is 0.0555. The smallest absolute Gasteiger partial charge is 0.243 e. The van der Waals surface area contributed by atoms with Crippen molar-refractivity contribution < 1.29 is 13.2 Å². The van der Waals surface area contributed by atoms with Gasteiger partial charge in [0, 0.05) is 32.1 Å². The van der Waals surface area contributed by atoms with Gasteiger partial charge in [0.25, 0.3) is 0 Å². The van der Waals surface area contributed by atoms with Crippen LogP contribution in [0, 0.1) is 5.92 Å². The summed E-state index contributed by atoms with van der Waals surface area (Å²) in [5, 5.41) is 8.31. The van der Waals surface area contributed by atoms with Crippen LogP contribution in [0.3, 0.4) is 0 Å². The van der Waals surface area contributed by atoms with Gasteiger partial charge in [0.15, 0.2) is 0 Å². The van der Waals surface area contributed by atoms with Crippen LogP contribution in [-0.4, -0.2) is 53.4 Å². The Balaban J connectivity index is 1.82. The monoisotopic (exact) mass is 365 g/mol. The van der Waals surface area contributed by atoms with Gasteiger partial charge in [-0.15, -0.1) is 0 Å². The van der Waals surface area contributed by atoms with E-state index in [-0.39, 0.29) is 22.8 Å². The number of piperidine rings is 1. The molecule has 0 spiro atoms. The molecule has 1 unspecified atom stereocenters. The second kappa shape index (κ2) is 6.72. The molecule has 0 saturated carbocycles. The fraction of sp³-hybridized carbons (Fsp3) is 0.562. The number of sulfonamides is 1. The molecule has 1 N–H and O–H groups in total. The van der Waals surface area contributed by atoms with Crippen molar-refractivity contribution in [3.05, 3.63) is 18.2 Å². The summed E-state index contributed by atoms with van der Waals surface area (Å²) in [5.74, 6) is -0.0383. The van der Waals surface area contributed by atoms with Gasteiger partial charge in [-0.1, -0.05) is 19.9 Å². The van der Waals surface area contributed by atoms with Crippen LogP contribution in [0.2, 0.25) is 0 Å². The van der Waals surface area contributed by atoms with Crippen LogP contribution >= 0.6 is 0 Å². The topological polar surface area (TPSA) is 97.2 Å². The molecule has 2 aromatic rings. The van der Waals surface area contributed by atoms with Gasteiger partial charge in [0.05, 0.1) is 0 Å². The Kier molecular flexibility index (Phi) is 4.79. The molecule has 0 radical (unpaired) electrons. The van der Waals surface area contributed by atoms with Gasteiger partial charge in [-0.2, -0.15) is 15.0 Å². The molecule has 2 heterocycles. The Morgan fingerprint density at radius 1 is 1.32 bits per heavy atom. The average molecular weight is 365 g/mol. The first-order chi connectivity index (χ1) is 11.8. The molecule has 1 aliphatic rings. The van der Waals surface area contributed by atoms with Crippen molar-refractivity contribution in [1.29, 1.82) is 0 Å². The van der Waals surface area contributed by atoms with E-state index >= 15 is 0 Å². The Labute approximate surface area is 147 Å². The molecular formula is C16H23N5O3S. The summed E-state index contributed by atoms with van der Waals surface area (Å²) in [5.41, 5.74) is 0.883. The first-order valence-corrected chi connectivity index (χ1v) is 9.87. The van der Waals surface area contributed by atoms with Crippen molar-refractivity contribution in [3.63, 3.8) is 0 Å². The van der Waals surface area contributed by atoms with Crippen LogP contribution in [0.5, 0.6) is 0 Å². The number of hydrogen-bond acceptors (Lipinski definition) is 5. The first kappa shape index (κ1) is 17.8. The molecule has 1 aromatic heterocycles. The summed E-state index contributed by atoms with van der Waals surface area (Å²) in [7, 11) is -2.09. The normalized spacial score (nSPS) is 18.9. The Bertz CT molecular complexity index is 890. The summed E-state index contributed by atoms with van der Waals surface area (Å²) < 4.78 is 28.4. The van der Waals surface area contributed by atoms with Gasteiger partial charge < -0.3 is 4.90 Å². The first-order valence-electron chi connectivity index (χ1n) is 8.39. The maximum Gasteiger partial charge on any atom is 0.243 e. The maximum absolute atomic E-state index is 12.8. The lowest BCUT2D eigenvalue weighted by Gasteiger charge is -2.34. The van der Waals surface area contributed by atoms with E-state index in [4.69, 9.17) is 0 Å². The highest BCUT2D eigenvalue weighted by Gasteiger charge is 2.29. The molecule has 1 amide bonds. The largest absolute Gasteiger partial charge is 0.341 e. The zero-order valence-electron chi connectivity index (χ0n) is 14.6. The highest BCUT2D eigenvalue weighted by molar-refractivity contribution is 7.89. The third-order valence-electron chi connectivity index (χ3n) is 4.31. The fourth-order valence-electron chi connectivity index (χ4n) is 3.15. The molecule has 1 atom stereocenters. The van der Waals surface area contributed by atoms with Crippen molar-refractivity contribution in [3.8, 4) is 0 Å². The van der Waals surface area contributed by atoms with E-state index < -0.39 is 10.0 Å². The van der Waals surface area contributed by atoms with E-state index in [1.807, 2.05) is 13.8 Å². The van der Waals surface area contributed by atoms with Crippen molar-refractivity contribution in [2.45, 2.75) is 37.6 Å². The van der Waals surface area contributed by atoms with Crippen molar-refractivity contribution in [1.82, 2.24) is 24.6 Å². The van der Waals surface area contributed by atoms with Crippen LogP contribution in [-0.2, 0) is 21.9 Å². The van der Waals surface area contributed by atoms with E-state index in [2.05, 4.69) is 14.9 Å². The Morgan fingerprint density at radius 2 is 2.08 bits per heavy atom. The number of likely N-dealkylation sites (tertiary alicyclic amines) is 1. The highest BCUT2D eigenvalue weighted by atomic mass is 32.2. The van der Waals surface area contributed by atoms with Gasteiger partial charge in [-0.25, -0.2) is 13.1 Å². The van der Waals surface area contributed by atoms with Crippen LogP contribution in [0.15, 0.2) is 23.1 Å². The fourth-order valence-corrected chi connectivity index (χ4v) is 4.57. The maximum atomic E-state index is 12.8. The minimum Gasteiger partial charge on any atom is -0.341 e. The molecule has 0 aliphatic carbocycles. The molecule has 9 heteroatoms. The summed E-state index contributed by atoms with van der Waals surface area (Å²) in [6.07, 6.45) is 1.48. The lowest BCUT2D eigenvalue weighted by Crippen LogP contribution is -2.50.